The van der Waals surface area contributed by atoms with Crippen LogP contribution in [0.15, 0.2) is 0 Å². The van der Waals surface area contributed by atoms with Crippen molar-refractivity contribution >= 4 is 16.9 Å². The summed E-state index contributed by atoms with van der Waals surface area (Å²) in [6.45, 7) is 6.87. The van der Waals surface area contributed by atoms with Crippen molar-refractivity contribution in [3.63, 3.8) is 0 Å². The Morgan fingerprint density at radius 3 is 2.33 bits per heavy atom. The first-order valence-electron chi connectivity index (χ1n) is 4.75. The third kappa shape index (κ3) is 2.50. The predicted octanol–water partition coefficient (Wildman–Crippen LogP) is 1.62. The molecule has 0 bridgehead atoms. The molecule has 0 aliphatic heterocycles. The fourth-order valence-corrected chi connectivity index (χ4v) is 3.39. The predicted molar refractivity (Wildman–Crippen MR) is 55.1 cm³/mol. The van der Waals surface area contributed by atoms with Crippen molar-refractivity contribution in [1.82, 2.24) is 0 Å². The molecule has 1 aliphatic rings. The van der Waals surface area contributed by atoms with Crippen LogP contribution in [0.1, 0.15) is 40.0 Å². The first kappa shape index (κ1) is 10.6. The van der Waals surface area contributed by atoms with Gasteiger partial charge in [0, 0.05) is 0 Å². The molecule has 12 heavy (non-hydrogen) atoms. The molecule has 3 unspecified atom stereocenters. The molecule has 0 heterocycles. The summed E-state index contributed by atoms with van der Waals surface area (Å²) < 4.78 is 0. The first-order chi connectivity index (χ1) is 5.37. The normalized spacial score (nSPS) is 41.2. The Morgan fingerprint density at radius 1 is 1.33 bits per heavy atom. The van der Waals surface area contributed by atoms with E-state index >= 15 is 0 Å². The molecule has 1 fully saturated rings. The Bertz CT molecular complexity index is 167. The average molecular weight is 232 g/mol. The van der Waals surface area contributed by atoms with Gasteiger partial charge in [0.1, 0.15) is 0 Å². The summed E-state index contributed by atoms with van der Waals surface area (Å²) in [5.74, 6) is 0. The van der Waals surface area contributed by atoms with Crippen molar-refractivity contribution in [3.05, 3.63) is 0 Å². The van der Waals surface area contributed by atoms with Crippen LogP contribution >= 0.6 is 0 Å². The maximum absolute atomic E-state index is 9.72. The zero-order valence-electron chi connectivity index (χ0n) is 8.43. The molecule has 0 radical (unpaired) electrons. The fraction of sp³-hybridized carbons (Fsp3) is 1.00. The van der Waals surface area contributed by atoms with Crippen molar-refractivity contribution in [1.29, 1.82) is 0 Å². The van der Waals surface area contributed by atoms with Crippen LogP contribution in [0.3, 0.4) is 0 Å². The summed E-state index contributed by atoms with van der Waals surface area (Å²) in [4.78, 5) is 0. The molecule has 1 N–H and O–H groups in total. The molecule has 0 aromatic rings. The second-order valence-electron chi connectivity index (χ2n) is 5.42. The van der Waals surface area contributed by atoms with Crippen molar-refractivity contribution in [2.24, 2.45) is 10.8 Å². The van der Waals surface area contributed by atoms with Gasteiger partial charge < -0.3 is 0 Å². The number of hydrogen-bond acceptors (Lipinski definition) is 1. The topological polar surface area (TPSA) is 20.2 Å². The monoisotopic (exact) mass is 232 g/mol. The van der Waals surface area contributed by atoms with E-state index in [2.05, 4.69) is 20.8 Å². The van der Waals surface area contributed by atoms with E-state index in [1.54, 1.807) is 16.9 Å². The van der Waals surface area contributed by atoms with E-state index in [9.17, 15) is 5.11 Å². The van der Waals surface area contributed by atoms with Gasteiger partial charge in [-0.1, -0.05) is 0 Å². The van der Waals surface area contributed by atoms with E-state index in [0.29, 0.717) is 10.8 Å². The van der Waals surface area contributed by atoms with Gasteiger partial charge in [0.15, 0.2) is 0 Å². The molecule has 2 heteroatoms. The van der Waals surface area contributed by atoms with E-state index in [1.165, 1.54) is 11.6 Å². The average Bonchev–Trinajstić information content (AvgIpc) is 1.82. The molecule has 0 aromatic carbocycles. The maximum atomic E-state index is 9.72. The molecule has 72 valence electrons. The minimum atomic E-state index is -0.0606. The molecule has 0 saturated heterocycles. The SMILES string of the molecule is CC1(C)CC(O)CC(C)(C[AsH2])C1. The van der Waals surface area contributed by atoms with Crippen LogP contribution in [0.2, 0.25) is 5.21 Å². The van der Waals surface area contributed by atoms with E-state index in [4.69, 9.17) is 0 Å². The van der Waals surface area contributed by atoms with Crippen LogP contribution < -0.4 is 0 Å². The van der Waals surface area contributed by atoms with Crippen molar-refractivity contribution in [2.45, 2.75) is 51.3 Å². The molecule has 0 aromatic heterocycles. The molecular weight excluding hydrogens is 211 g/mol. The van der Waals surface area contributed by atoms with Crippen LogP contribution in [0, 0.1) is 10.8 Å². The standard InChI is InChI=1S/C10H21AsO/c1-9(2)4-8(12)5-10(3,6-9)7-11/h8,12H,4-7,11H2,1-3H3. The van der Waals surface area contributed by atoms with Gasteiger partial charge in [-0.05, 0) is 0 Å². The van der Waals surface area contributed by atoms with Crippen LogP contribution in [0.4, 0.5) is 0 Å². The molecule has 0 amide bonds. The Labute approximate surface area is 84.4 Å². The van der Waals surface area contributed by atoms with Crippen LogP contribution in [0.5, 0.6) is 0 Å². The number of hydrogen-bond donors (Lipinski definition) is 1. The summed E-state index contributed by atoms with van der Waals surface area (Å²) in [6, 6.07) is 0. The number of aliphatic hydroxyl groups excluding tert-OH is 1. The fourth-order valence-electron chi connectivity index (χ4n) is 2.73. The van der Waals surface area contributed by atoms with Gasteiger partial charge in [-0.25, -0.2) is 0 Å². The molecule has 0 spiro atoms. The van der Waals surface area contributed by atoms with E-state index in [-0.39, 0.29) is 6.10 Å². The molecule has 1 saturated carbocycles. The van der Waals surface area contributed by atoms with E-state index in [1.807, 2.05) is 0 Å². The summed E-state index contributed by atoms with van der Waals surface area (Å²) >= 11 is 1.80. The zero-order chi connectivity index (χ0) is 9.41. The van der Waals surface area contributed by atoms with Gasteiger partial charge in [-0.3, -0.25) is 0 Å². The van der Waals surface area contributed by atoms with Gasteiger partial charge in [-0.15, -0.1) is 0 Å². The number of aliphatic hydroxyl groups is 1. The molecule has 1 aliphatic carbocycles. The molecular formula is C10H21AsO. The second-order valence-corrected chi connectivity index (χ2v) is 6.27. The van der Waals surface area contributed by atoms with Crippen LogP contribution in [0.25, 0.3) is 0 Å². The summed E-state index contributed by atoms with van der Waals surface area (Å²) in [6.07, 6.45) is 3.20. The quantitative estimate of drug-likeness (QED) is 0.681. The van der Waals surface area contributed by atoms with Gasteiger partial charge in [-0.2, -0.15) is 0 Å². The molecule has 1 rings (SSSR count). The van der Waals surface area contributed by atoms with Gasteiger partial charge in [0.2, 0.25) is 0 Å². The van der Waals surface area contributed by atoms with Gasteiger partial charge in [0.05, 0.1) is 0 Å². The second kappa shape index (κ2) is 3.35. The summed E-state index contributed by atoms with van der Waals surface area (Å²) in [5, 5.41) is 11.0. The van der Waals surface area contributed by atoms with Crippen molar-refractivity contribution in [3.8, 4) is 0 Å². The Morgan fingerprint density at radius 2 is 1.92 bits per heavy atom. The zero-order valence-corrected chi connectivity index (χ0v) is 10.9. The summed E-state index contributed by atoms with van der Waals surface area (Å²) in [5.41, 5.74) is 0.750. The Balaban J connectivity index is 2.70. The minimum absolute atomic E-state index is 0.0606. The molecule has 3 atom stereocenters. The Kier molecular flexibility index (Phi) is 2.95. The summed E-state index contributed by atoms with van der Waals surface area (Å²) in [7, 11) is 0. The Hall–Kier alpha value is 0.518. The first-order valence-corrected chi connectivity index (χ1v) is 6.46. The van der Waals surface area contributed by atoms with E-state index in [0.717, 1.165) is 12.8 Å². The van der Waals surface area contributed by atoms with Gasteiger partial charge >= 0.3 is 84.1 Å². The van der Waals surface area contributed by atoms with Gasteiger partial charge in [0.25, 0.3) is 0 Å². The van der Waals surface area contributed by atoms with Crippen LogP contribution in [-0.4, -0.2) is 28.1 Å². The number of rotatable bonds is 1. The van der Waals surface area contributed by atoms with Crippen LogP contribution in [-0.2, 0) is 0 Å². The van der Waals surface area contributed by atoms with Crippen molar-refractivity contribution < 1.29 is 5.11 Å². The third-order valence-corrected chi connectivity index (χ3v) is 4.98. The third-order valence-electron chi connectivity index (χ3n) is 2.91. The van der Waals surface area contributed by atoms with Crippen molar-refractivity contribution in [2.75, 3.05) is 0 Å². The molecule has 1 nitrogen and oxygen atoms in total. The van der Waals surface area contributed by atoms with E-state index < -0.39 is 0 Å².